The Morgan fingerprint density at radius 1 is 1.16 bits per heavy atom. The summed E-state index contributed by atoms with van der Waals surface area (Å²) in [5.41, 5.74) is 0.777. The molecule has 0 saturated carbocycles. The van der Waals surface area contributed by atoms with Crippen LogP contribution < -0.4 is 5.32 Å². The summed E-state index contributed by atoms with van der Waals surface area (Å²) in [6.07, 6.45) is 6.50. The van der Waals surface area contributed by atoms with Crippen LogP contribution in [0, 0.1) is 0 Å². The van der Waals surface area contributed by atoms with E-state index in [-0.39, 0.29) is 24.3 Å². The number of benzene rings is 1. The molecule has 0 aliphatic carbocycles. The maximum Gasteiger partial charge on any atom is 0.261 e. The predicted molar refractivity (Wildman–Crippen MR) is 93.1 cm³/mol. The molecular formula is C17H14N4O3S. The van der Waals surface area contributed by atoms with Gasteiger partial charge in [-0.1, -0.05) is 41.7 Å². The van der Waals surface area contributed by atoms with E-state index in [0.29, 0.717) is 21.3 Å². The summed E-state index contributed by atoms with van der Waals surface area (Å²) < 4.78 is 0. The first-order valence-electron chi connectivity index (χ1n) is 7.48. The fourth-order valence-corrected chi connectivity index (χ4v) is 3.02. The van der Waals surface area contributed by atoms with Gasteiger partial charge in [-0.25, -0.2) is 0 Å². The molecular weight excluding hydrogens is 340 g/mol. The number of anilines is 1. The second-order valence-corrected chi connectivity index (χ2v) is 6.18. The second-order valence-electron chi connectivity index (χ2n) is 5.12. The van der Waals surface area contributed by atoms with Crippen LogP contribution in [0.5, 0.6) is 0 Å². The van der Waals surface area contributed by atoms with Crippen molar-refractivity contribution in [1.29, 1.82) is 0 Å². The number of carbonyl (C=O) groups excluding carboxylic acids is 3. The number of hydrogen-bond acceptors (Lipinski definition) is 6. The van der Waals surface area contributed by atoms with Crippen molar-refractivity contribution in [2.75, 3.05) is 5.32 Å². The van der Waals surface area contributed by atoms with Gasteiger partial charge >= 0.3 is 0 Å². The zero-order valence-electron chi connectivity index (χ0n) is 13.3. The van der Waals surface area contributed by atoms with Gasteiger partial charge < -0.3 is 0 Å². The lowest BCUT2D eigenvalue weighted by Gasteiger charge is -2.10. The van der Waals surface area contributed by atoms with Gasteiger partial charge in [-0.2, -0.15) is 0 Å². The van der Waals surface area contributed by atoms with Crippen molar-refractivity contribution in [1.82, 2.24) is 15.1 Å². The zero-order valence-corrected chi connectivity index (χ0v) is 14.1. The molecule has 126 valence electrons. The van der Waals surface area contributed by atoms with E-state index in [1.807, 2.05) is 6.92 Å². The summed E-state index contributed by atoms with van der Waals surface area (Å²) in [6, 6.07) is 6.68. The van der Waals surface area contributed by atoms with Crippen molar-refractivity contribution in [3.8, 4) is 0 Å². The molecule has 2 heterocycles. The molecule has 0 fully saturated rings. The number of rotatable bonds is 5. The normalized spacial score (nSPS) is 13.9. The first-order chi connectivity index (χ1) is 12.1. The first-order valence-corrected chi connectivity index (χ1v) is 8.29. The standard InChI is InChI=1S/C17H14N4O3S/c1-2-3-4-9-13(22)18-17-20-19-14(25-17)10-21-15(23)11-7-5-6-8-12(11)16(21)24/h2-9H,10H2,1H3,(H,18,20,22)/b3-2+,9-4+. The van der Waals surface area contributed by atoms with Gasteiger partial charge in [0.05, 0.1) is 17.7 Å². The van der Waals surface area contributed by atoms with Crippen LogP contribution in [0.15, 0.2) is 48.6 Å². The molecule has 0 atom stereocenters. The number of nitrogens with zero attached hydrogens (tertiary/aromatic N) is 3. The Morgan fingerprint density at radius 2 is 1.84 bits per heavy atom. The SMILES string of the molecule is C/C=C/C=C/C(=O)Nc1nnc(CN2C(=O)c3ccccc3C2=O)s1. The van der Waals surface area contributed by atoms with E-state index >= 15 is 0 Å². The fourth-order valence-electron chi connectivity index (χ4n) is 2.29. The molecule has 3 rings (SSSR count). The maximum absolute atomic E-state index is 12.3. The molecule has 1 aliphatic rings. The van der Waals surface area contributed by atoms with E-state index in [0.717, 1.165) is 16.2 Å². The molecule has 1 aromatic carbocycles. The first kappa shape index (κ1) is 16.7. The quantitative estimate of drug-likeness (QED) is 0.506. The van der Waals surface area contributed by atoms with Gasteiger partial charge in [-0.05, 0) is 19.1 Å². The third kappa shape index (κ3) is 3.53. The third-order valence-corrected chi connectivity index (χ3v) is 4.24. The van der Waals surface area contributed by atoms with Crippen LogP contribution in [0.4, 0.5) is 5.13 Å². The molecule has 7 nitrogen and oxygen atoms in total. The van der Waals surface area contributed by atoms with E-state index < -0.39 is 0 Å². The summed E-state index contributed by atoms with van der Waals surface area (Å²) in [7, 11) is 0. The highest BCUT2D eigenvalue weighted by Gasteiger charge is 2.35. The molecule has 0 spiro atoms. The van der Waals surface area contributed by atoms with E-state index in [1.165, 1.54) is 6.08 Å². The number of carbonyl (C=O) groups is 3. The lowest BCUT2D eigenvalue weighted by atomic mass is 10.1. The summed E-state index contributed by atoms with van der Waals surface area (Å²) in [5, 5.41) is 11.1. The smallest absolute Gasteiger partial charge is 0.261 e. The maximum atomic E-state index is 12.3. The Bertz CT molecular complexity index is 866. The monoisotopic (exact) mass is 354 g/mol. The Morgan fingerprint density at radius 3 is 2.48 bits per heavy atom. The summed E-state index contributed by atoms with van der Waals surface area (Å²) >= 11 is 1.12. The molecule has 0 unspecified atom stereocenters. The number of hydrogen-bond donors (Lipinski definition) is 1. The minimum Gasteiger partial charge on any atom is -0.297 e. The van der Waals surface area contributed by atoms with Crippen LogP contribution in [0.3, 0.4) is 0 Å². The Kier molecular flexibility index (Phi) is 4.80. The van der Waals surface area contributed by atoms with Crippen LogP contribution in [0.25, 0.3) is 0 Å². The van der Waals surface area contributed by atoms with Crippen molar-refractivity contribution in [3.63, 3.8) is 0 Å². The Balaban J connectivity index is 1.67. The van der Waals surface area contributed by atoms with Crippen molar-refractivity contribution in [2.45, 2.75) is 13.5 Å². The van der Waals surface area contributed by atoms with Crippen molar-refractivity contribution < 1.29 is 14.4 Å². The lowest BCUT2D eigenvalue weighted by molar-refractivity contribution is -0.111. The summed E-state index contributed by atoms with van der Waals surface area (Å²) in [6.45, 7) is 1.87. The second kappa shape index (κ2) is 7.18. The Hall–Kier alpha value is -3.13. The minimum atomic E-state index is -0.351. The van der Waals surface area contributed by atoms with Crippen molar-refractivity contribution in [2.24, 2.45) is 0 Å². The molecule has 3 amide bonds. The van der Waals surface area contributed by atoms with E-state index in [2.05, 4.69) is 15.5 Å². The number of imide groups is 1. The highest BCUT2D eigenvalue weighted by atomic mass is 32.1. The van der Waals surface area contributed by atoms with Crippen LogP contribution in [-0.2, 0) is 11.3 Å². The topological polar surface area (TPSA) is 92.3 Å². The highest BCUT2D eigenvalue weighted by Crippen LogP contribution is 2.25. The number of aromatic nitrogens is 2. The minimum absolute atomic E-state index is 0.0221. The summed E-state index contributed by atoms with van der Waals surface area (Å²) in [5.74, 6) is -1.03. The molecule has 8 heteroatoms. The molecule has 0 saturated heterocycles. The third-order valence-electron chi connectivity index (χ3n) is 3.42. The number of allylic oxidation sites excluding steroid dienone is 3. The fraction of sp³-hybridized carbons (Fsp3) is 0.118. The molecule has 25 heavy (non-hydrogen) atoms. The Labute approximate surface area is 147 Å². The number of amides is 3. The average molecular weight is 354 g/mol. The van der Waals surface area contributed by atoms with Gasteiger partial charge in [-0.15, -0.1) is 10.2 Å². The van der Waals surface area contributed by atoms with E-state index in [1.54, 1.807) is 42.5 Å². The molecule has 2 aromatic rings. The lowest BCUT2D eigenvalue weighted by Crippen LogP contribution is -2.29. The highest BCUT2D eigenvalue weighted by molar-refractivity contribution is 7.15. The zero-order chi connectivity index (χ0) is 17.8. The molecule has 0 bridgehead atoms. The molecule has 1 aliphatic heterocycles. The van der Waals surface area contributed by atoms with Gasteiger partial charge in [0, 0.05) is 6.08 Å². The van der Waals surface area contributed by atoms with Gasteiger partial charge in [-0.3, -0.25) is 24.6 Å². The van der Waals surface area contributed by atoms with Crippen LogP contribution in [-0.4, -0.2) is 32.8 Å². The van der Waals surface area contributed by atoms with Crippen LogP contribution in [0.1, 0.15) is 32.6 Å². The van der Waals surface area contributed by atoms with Gasteiger partial charge in [0.15, 0.2) is 0 Å². The van der Waals surface area contributed by atoms with Crippen LogP contribution >= 0.6 is 11.3 Å². The molecule has 1 N–H and O–H groups in total. The van der Waals surface area contributed by atoms with E-state index in [9.17, 15) is 14.4 Å². The van der Waals surface area contributed by atoms with Crippen LogP contribution in [0.2, 0.25) is 0 Å². The molecule has 1 aromatic heterocycles. The number of fused-ring (bicyclic) bond motifs is 1. The average Bonchev–Trinajstić information content (AvgIpc) is 3.14. The van der Waals surface area contributed by atoms with Crippen molar-refractivity contribution in [3.05, 3.63) is 64.7 Å². The summed E-state index contributed by atoms with van der Waals surface area (Å²) in [4.78, 5) is 37.4. The van der Waals surface area contributed by atoms with E-state index in [4.69, 9.17) is 0 Å². The number of nitrogens with one attached hydrogen (secondary N) is 1. The van der Waals surface area contributed by atoms with Gasteiger partial charge in [0.25, 0.3) is 11.8 Å². The van der Waals surface area contributed by atoms with Crippen molar-refractivity contribution >= 4 is 34.2 Å². The van der Waals surface area contributed by atoms with Gasteiger partial charge in [0.1, 0.15) is 5.01 Å². The largest absolute Gasteiger partial charge is 0.297 e. The predicted octanol–water partition coefficient (Wildman–Crippen LogP) is 2.41. The molecule has 0 radical (unpaired) electrons. The van der Waals surface area contributed by atoms with Gasteiger partial charge in [0.2, 0.25) is 11.0 Å².